The van der Waals surface area contributed by atoms with Crippen molar-refractivity contribution in [2.45, 2.75) is 19.8 Å². The molecule has 0 amide bonds. The third-order valence-electron chi connectivity index (χ3n) is 2.54. The summed E-state index contributed by atoms with van der Waals surface area (Å²) in [6, 6.07) is 4.34. The maximum Gasteiger partial charge on any atom is 0.313 e. The van der Waals surface area contributed by atoms with E-state index in [4.69, 9.17) is 9.47 Å². The van der Waals surface area contributed by atoms with Crippen molar-refractivity contribution in [2.24, 2.45) is 0 Å². The topological polar surface area (TPSA) is 78.7 Å². The summed E-state index contributed by atoms with van der Waals surface area (Å²) in [7, 11) is 1.35. The van der Waals surface area contributed by atoms with Crippen molar-refractivity contribution in [1.29, 1.82) is 0 Å². The molecule has 0 unspecified atom stereocenters. The van der Waals surface area contributed by atoms with Crippen LogP contribution >= 0.6 is 0 Å². The largest absolute Gasteiger partial charge is 0.490 e. The van der Waals surface area contributed by atoms with Crippen molar-refractivity contribution in [1.82, 2.24) is 0 Å². The molecule has 98 valence electrons. The number of nitrogens with zero attached hydrogens (tertiary/aromatic N) is 1. The second-order valence-electron chi connectivity index (χ2n) is 3.66. The van der Waals surface area contributed by atoms with E-state index in [1.165, 1.54) is 25.3 Å². The monoisotopic (exact) mass is 253 g/mol. The Kier molecular flexibility index (Phi) is 4.65. The molecule has 18 heavy (non-hydrogen) atoms. The van der Waals surface area contributed by atoms with Gasteiger partial charge >= 0.3 is 11.7 Å². The molecular formula is C12H15NO5. The molecule has 0 spiro atoms. The lowest BCUT2D eigenvalue weighted by Gasteiger charge is -2.11. The Morgan fingerprint density at radius 1 is 1.50 bits per heavy atom. The number of hydrogen-bond acceptors (Lipinski definition) is 5. The summed E-state index contributed by atoms with van der Waals surface area (Å²) < 4.78 is 9.84. The highest BCUT2D eigenvalue weighted by atomic mass is 16.6. The van der Waals surface area contributed by atoms with Crippen LogP contribution < -0.4 is 4.74 Å². The van der Waals surface area contributed by atoms with Gasteiger partial charge in [-0.3, -0.25) is 14.9 Å². The lowest BCUT2D eigenvalue weighted by atomic mass is 10.0. The molecule has 0 saturated heterocycles. The molecule has 0 heterocycles. The van der Waals surface area contributed by atoms with Gasteiger partial charge in [-0.1, -0.05) is 6.07 Å². The Morgan fingerprint density at radius 2 is 2.17 bits per heavy atom. The van der Waals surface area contributed by atoms with Crippen LogP contribution in [-0.2, 0) is 9.53 Å². The van der Waals surface area contributed by atoms with Crippen LogP contribution in [0.15, 0.2) is 18.2 Å². The van der Waals surface area contributed by atoms with E-state index in [2.05, 4.69) is 0 Å². The van der Waals surface area contributed by atoms with Gasteiger partial charge in [0.2, 0.25) is 0 Å². The molecule has 0 aromatic heterocycles. The summed E-state index contributed by atoms with van der Waals surface area (Å²) in [4.78, 5) is 21.8. The fourth-order valence-electron chi connectivity index (χ4n) is 1.52. The van der Waals surface area contributed by atoms with Crippen molar-refractivity contribution in [3.8, 4) is 5.75 Å². The zero-order valence-electron chi connectivity index (χ0n) is 10.5. The molecule has 0 fully saturated rings. The Labute approximate surface area is 105 Å². The summed E-state index contributed by atoms with van der Waals surface area (Å²) in [5.41, 5.74) is 0.494. The van der Waals surface area contributed by atoms with E-state index in [1.54, 1.807) is 13.8 Å². The molecule has 0 aliphatic heterocycles. The minimum Gasteiger partial charge on any atom is -0.490 e. The maximum absolute atomic E-state index is 11.6. The second kappa shape index (κ2) is 6.00. The standard InChI is InChI=1S/C12H15NO5/c1-4-18-12(14)8(2)9-5-6-10(13(15)16)11(7-9)17-3/h5-8H,4H2,1-3H3/t8-/m0/s1. The van der Waals surface area contributed by atoms with Crippen LogP contribution in [0.5, 0.6) is 5.75 Å². The Bertz CT molecular complexity index is 458. The van der Waals surface area contributed by atoms with Gasteiger partial charge < -0.3 is 9.47 Å². The number of methoxy groups -OCH3 is 1. The molecule has 0 N–H and O–H groups in total. The number of ether oxygens (including phenoxy) is 2. The molecule has 1 aromatic rings. The van der Waals surface area contributed by atoms with Gasteiger partial charge in [0.1, 0.15) is 0 Å². The first-order valence-electron chi connectivity index (χ1n) is 5.50. The van der Waals surface area contributed by atoms with Gasteiger partial charge in [0.15, 0.2) is 5.75 Å². The summed E-state index contributed by atoms with van der Waals surface area (Å²) >= 11 is 0. The van der Waals surface area contributed by atoms with Gasteiger partial charge in [0.25, 0.3) is 0 Å². The average molecular weight is 253 g/mol. The van der Waals surface area contributed by atoms with Crippen molar-refractivity contribution in [2.75, 3.05) is 13.7 Å². The minimum absolute atomic E-state index is 0.127. The number of hydrogen-bond donors (Lipinski definition) is 0. The van der Waals surface area contributed by atoms with E-state index < -0.39 is 10.8 Å². The minimum atomic E-state index is -0.530. The van der Waals surface area contributed by atoms with Crippen LogP contribution in [0, 0.1) is 10.1 Å². The highest BCUT2D eigenvalue weighted by Crippen LogP contribution is 2.30. The number of nitro benzene ring substituents is 1. The van der Waals surface area contributed by atoms with Crippen LogP contribution in [0.25, 0.3) is 0 Å². The van der Waals surface area contributed by atoms with Gasteiger partial charge in [0, 0.05) is 6.07 Å². The number of rotatable bonds is 5. The average Bonchev–Trinajstić information content (AvgIpc) is 2.37. The molecule has 0 aliphatic rings. The second-order valence-corrected chi connectivity index (χ2v) is 3.66. The van der Waals surface area contributed by atoms with Crippen LogP contribution in [0.1, 0.15) is 25.3 Å². The predicted octanol–water partition coefficient (Wildman–Crippen LogP) is 2.27. The molecule has 1 atom stereocenters. The lowest BCUT2D eigenvalue weighted by molar-refractivity contribution is -0.385. The third kappa shape index (κ3) is 2.97. The molecule has 0 aliphatic carbocycles. The zero-order valence-corrected chi connectivity index (χ0v) is 10.5. The van der Waals surface area contributed by atoms with E-state index in [-0.39, 0.29) is 17.4 Å². The Morgan fingerprint density at radius 3 is 2.67 bits per heavy atom. The summed E-state index contributed by atoms with van der Waals surface area (Å²) in [5.74, 6) is -0.721. The SMILES string of the molecule is CCOC(=O)[C@@H](C)c1ccc([N+](=O)[O-])c(OC)c1. The molecule has 0 radical (unpaired) electrons. The zero-order chi connectivity index (χ0) is 13.7. The number of carbonyl (C=O) groups is 1. The maximum atomic E-state index is 11.6. The first-order valence-corrected chi connectivity index (χ1v) is 5.50. The molecule has 0 bridgehead atoms. The van der Waals surface area contributed by atoms with E-state index in [0.29, 0.717) is 12.2 Å². The van der Waals surface area contributed by atoms with Gasteiger partial charge in [-0.05, 0) is 25.5 Å². The van der Waals surface area contributed by atoms with Crippen LogP contribution in [0.3, 0.4) is 0 Å². The molecule has 1 rings (SSSR count). The molecule has 6 nitrogen and oxygen atoms in total. The van der Waals surface area contributed by atoms with Gasteiger partial charge in [0.05, 0.1) is 24.6 Å². The molecule has 0 saturated carbocycles. The smallest absolute Gasteiger partial charge is 0.313 e. The van der Waals surface area contributed by atoms with Crippen molar-refractivity contribution in [3.05, 3.63) is 33.9 Å². The van der Waals surface area contributed by atoms with E-state index >= 15 is 0 Å². The van der Waals surface area contributed by atoms with E-state index in [9.17, 15) is 14.9 Å². The highest BCUT2D eigenvalue weighted by molar-refractivity contribution is 5.78. The van der Waals surface area contributed by atoms with Crippen LogP contribution in [0.4, 0.5) is 5.69 Å². The number of carbonyl (C=O) groups excluding carboxylic acids is 1. The summed E-state index contributed by atoms with van der Waals surface area (Å²) in [6.07, 6.45) is 0. The van der Waals surface area contributed by atoms with Crippen molar-refractivity contribution in [3.63, 3.8) is 0 Å². The number of nitro groups is 1. The Hall–Kier alpha value is -2.11. The first kappa shape index (κ1) is 14.0. The molecule has 6 heteroatoms. The lowest BCUT2D eigenvalue weighted by Crippen LogP contribution is -2.13. The molecule has 1 aromatic carbocycles. The predicted molar refractivity (Wildman–Crippen MR) is 64.7 cm³/mol. The first-order chi connectivity index (χ1) is 8.51. The van der Waals surface area contributed by atoms with Crippen LogP contribution in [0.2, 0.25) is 0 Å². The summed E-state index contributed by atoms with van der Waals surface area (Å²) in [5, 5.41) is 10.7. The summed E-state index contributed by atoms with van der Waals surface area (Å²) in [6.45, 7) is 3.70. The highest BCUT2D eigenvalue weighted by Gasteiger charge is 2.21. The van der Waals surface area contributed by atoms with Crippen molar-refractivity contribution >= 4 is 11.7 Å². The Balaban J connectivity index is 3.05. The van der Waals surface area contributed by atoms with Gasteiger partial charge in [-0.25, -0.2) is 0 Å². The fourth-order valence-corrected chi connectivity index (χ4v) is 1.52. The third-order valence-corrected chi connectivity index (χ3v) is 2.54. The van der Waals surface area contributed by atoms with E-state index in [1.807, 2.05) is 0 Å². The van der Waals surface area contributed by atoms with Crippen molar-refractivity contribution < 1.29 is 19.2 Å². The quantitative estimate of drug-likeness (QED) is 0.457. The number of esters is 1. The normalized spacial score (nSPS) is 11.7. The van der Waals surface area contributed by atoms with Gasteiger partial charge in [-0.15, -0.1) is 0 Å². The van der Waals surface area contributed by atoms with Gasteiger partial charge in [-0.2, -0.15) is 0 Å². The number of benzene rings is 1. The fraction of sp³-hybridized carbons (Fsp3) is 0.417. The molecular weight excluding hydrogens is 238 g/mol. The van der Waals surface area contributed by atoms with E-state index in [0.717, 1.165) is 0 Å². The van der Waals surface area contributed by atoms with Crippen LogP contribution in [-0.4, -0.2) is 24.6 Å².